The minimum atomic E-state index is -0.437. The van der Waals surface area contributed by atoms with E-state index in [-0.39, 0.29) is 28.4 Å². The Bertz CT molecular complexity index is 884. The molecule has 0 saturated carbocycles. The Kier molecular flexibility index (Phi) is 3.39. The van der Waals surface area contributed by atoms with E-state index >= 15 is 0 Å². The minimum absolute atomic E-state index is 0.00847. The number of Topliss-reactive ketones (excluding diaryl/α,β-unsaturated/α-hetero) is 2. The molecular weight excluding hydrogens is 300 g/mol. The highest BCUT2D eigenvalue weighted by atomic mass is 16.5. The van der Waals surface area contributed by atoms with Crippen LogP contribution in [-0.2, 0) is 4.74 Å². The van der Waals surface area contributed by atoms with Gasteiger partial charge in [-0.1, -0.05) is 0 Å². The molecule has 0 bridgehead atoms. The summed E-state index contributed by atoms with van der Waals surface area (Å²) in [7, 11) is 4.39. The molecule has 0 atom stereocenters. The Hall–Kier alpha value is -2.76. The van der Waals surface area contributed by atoms with Gasteiger partial charge in [-0.2, -0.15) is 0 Å². The second-order valence-electron chi connectivity index (χ2n) is 5.24. The standard InChI is InChI=1S/C17H16O6/c1-7-12(18)11-9-6-10(20-3)15(21-4)8(2)14(9)23-17(11)13(19)16(7)22-5/h6H,1-5H3. The Balaban J connectivity index is 2.40. The van der Waals surface area contributed by atoms with Crippen molar-refractivity contribution in [3.8, 4) is 11.5 Å². The normalized spacial score (nSPS) is 14.3. The lowest BCUT2D eigenvalue weighted by Gasteiger charge is -2.14. The Labute approximate surface area is 132 Å². The average molecular weight is 316 g/mol. The van der Waals surface area contributed by atoms with Gasteiger partial charge in [-0.15, -0.1) is 0 Å². The topological polar surface area (TPSA) is 75.0 Å². The molecule has 0 aliphatic heterocycles. The molecule has 2 aromatic rings. The summed E-state index contributed by atoms with van der Waals surface area (Å²) in [5.41, 5.74) is 1.60. The number of hydrogen-bond acceptors (Lipinski definition) is 6. The molecule has 0 N–H and O–H groups in total. The summed E-state index contributed by atoms with van der Waals surface area (Å²) >= 11 is 0. The summed E-state index contributed by atoms with van der Waals surface area (Å²) in [4.78, 5) is 25.2. The predicted molar refractivity (Wildman–Crippen MR) is 82.4 cm³/mol. The van der Waals surface area contributed by atoms with Gasteiger partial charge in [-0.3, -0.25) is 9.59 Å². The van der Waals surface area contributed by atoms with Gasteiger partial charge in [0.1, 0.15) is 5.58 Å². The molecule has 1 aliphatic carbocycles. The number of fused-ring (bicyclic) bond motifs is 3. The molecule has 6 nitrogen and oxygen atoms in total. The first kappa shape index (κ1) is 15.1. The monoisotopic (exact) mass is 316 g/mol. The van der Waals surface area contributed by atoms with Gasteiger partial charge in [-0.25, -0.2) is 0 Å². The number of rotatable bonds is 3. The van der Waals surface area contributed by atoms with E-state index in [4.69, 9.17) is 18.6 Å². The van der Waals surface area contributed by atoms with E-state index in [9.17, 15) is 9.59 Å². The zero-order valence-electron chi connectivity index (χ0n) is 13.5. The highest BCUT2D eigenvalue weighted by Crippen LogP contribution is 2.42. The van der Waals surface area contributed by atoms with Crippen LogP contribution < -0.4 is 9.47 Å². The van der Waals surface area contributed by atoms with Gasteiger partial charge in [0.25, 0.3) is 5.78 Å². The van der Waals surface area contributed by atoms with Crippen molar-refractivity contribution >= 4 is 22.5 Å². The first-order valence-electron chi connectivity index (χ1n) is 6.98. The van der Waals surface area contributed by atoms with E-state index in [0.717, 1.165) is 0 Å². The van der Waals surface area contributed by atoms with Crippen LogP contribution in [0.3, 0.4) is 0 Å². The lowest BCUT2D eigenvalue weighted by Crippen LogP contribution is -2.20. The van der Waals surface area contributed by atoms with Gasteiger partial charge in [0, 0.05) is 16.5 Å². The molecule has 1 aromatic heterocycles. The van der Waals surface area contributed by atoms with Crippen LogP contribution in [0.1, 0.15) is 33.4 Å². The fraction of sp³-hybridized carbons (Fsp3) is 0.294. The van der Waals surface area contributed by atoms with E-state index in [2.05, 4.69) is 0 Å². The minimum Gasteiger partial charge on any atom is -0.493 e. The fourth-order valence-electron chi connectivity index (χ4n) is 2.95. The SMILES string of the molecule is COC1=C(C)C(=O)c2c(oc3c(C)c(OC)c(OC)cc23)C1=O. The quantitative estimate of drug-likeness (QED) is 0.866. The van der Waals surface area contributed by atoms with Crippen molar-refractivity contribution in [2.75, 3.05) is 21.3 Å². The van der Waals surface area contributed by atoms with Crippen molar-refractivity contribution in [3.05, 3.63) is 34.3 Å². The molecule has 0 unspecified atom stereocenters. The van der Waals surface area contributed by atoms with Crippen LogP contribution in [0, 0.1) is 6.92 Å². The van der Waals surface area contributed by atoms with E-state index in [1.165, 1.54) is 21.3 Å². The van der Waals surface area contributed by atoms with E-state index in [0.29, 0.717) is 28.0 Å². The van der Waals surface area contributed by atoms with Crippen molar-refractivity contribution in [3.63, 3.8) is 0 Å². The third kappa shape index (κ3) is 1.87. The van der Waals surface area contributed by atoms with Crippen LogP contribution in [0.25, 0.3) is 11.0 Å². The average Bonchev–Trinajstić information content (AvgIpc) is 2.93. The van der Waals surface area contributed by atoms with Gasteiger partial charge in [-0.05, 0) is 19.9 Å². The molecular formula is C17H16O6. The molecule has 6 heteroatoms. The first-order valence-corrected chi connectivity index (χ1v) is 6.98. The number of ketones is 2. The van der Waals surface area contributed by atoms with Gasteiger partial charge in [0.15, 0.2) is 28.8 Å². The summed E-state index contributed by atoms with van der Waals surface area (Å²) in [6.45, 7) is 3.35. The highest BCUT2D eigenvalue weighted by molar-refractivity contribution is 6.29. The summed E-state index contributed by atoms with van der Waals surface area (Å²) < 4.78 is 21.4. The number of allylic oxidation sites excluding steroid dienone is 2. The number of hydrogen-bond donors (Lipinski definition) is 0. The molecule has 23 heavy (non-hydrogen) atoms. The smallest absolute Gasteiger partial charge is 0.263 e. The van der Waals surface area contributed by atoms with Crippen LogP contribution in [0.15, 0.2) is 21.8 Å². The maximum absolute atomic E-state index is 12.6. The third-order valence-electron chi connectivity index (χ3n) is 4.07. The van der Waals surface area contributed by atoms with E-state index < -0.39 is 5.78 Å². The van der Waals surface area contributed by atoms with Gasteiger partial charge < -0.3 is 18.6 Å². The van der Waals surface area contributed by atoms with Crippen molar-refractivity contribution in [2.45, 2.75) is 13.8 Å². The van der Waals surface area contributed by atoms with Gasteiger partial charge in [0.05, 0.1) is 26.9 Å². The number of methoxy groups -OCH3 is 3. The second-order valence-corrected chi connectivity index (χ2v) is 5.24. The van der Waals surface area contributed by atoms with Crippen molar-refractivity contribution < 1.29 is 28.2 Å². The van der Waals surface area contributed by atoms with Crippen LogP contribution in [0.2, 0.25) is 0 Å². The summed E-state index contributed by atoms with van der Waals surface area (Å²) in [5.74, 6) is 0.252. The molecule has 120 valence electrons. The van der Waals surface area contributed by atoms with Crippen molar-refractivity contribution in [1.82, 2.24) is 0 Å². The summed E-state index contributed by atoms with van der Waals surface area (Å²) in [6.07, 6.45) is 0. The molecule has 0 spiro atoms. The number of aryl methyl sites for hydroxylation is 1. The molecule has 3 rings (SSSR count). The van der Waals surface area contributed by atoms with Crippen molar-refractivity contribution in [2.24, 2.45) is 0 Å². The molecule has 1 aliphatic rings. The maximum atomic E-state index is 12.6. The lowest BCUT2D eigenvalue weighted by atomic mass is 9.92. The summed E-state index contributed by atoms with van der Waals surface area (Å²) in [5, 5.41) is 0.531. The highest BCUT2D eigenvalue weighted by Gasteiger charge is 2.37. The Morgan fingerprint density at radius 2 is 1.65 bits per heavy atom. The molecule has 0 amide bonds. The number of ether oxygens (including phenoxy) is 3. The third-order valence-corrected chi connectivity index (χ3v) is 4.07. The summed E-state index contributed by atoms with van der Waals surface area (Å²) in [6, 6.07) is 1.65. The fourth-order valence-corrected chi connectivity index (χ4v) is 2.95. The lowest BCUT2D eigenvalue weighted by molar-refractivity contribution is 0.0884. The Morgan fingerprint density at radius 3 is 2.22 bits per heavy atom. The molecule has 1 heterocycles. The van der Waals surface area contributed by atoms with Crippen molar-refractivity contribution in [1.29, 1.82) is 0 Å². The predicted octanol–water partition coefficient (Wildman–Crippen LogP) is 3.06. The molecule has 0 radical (unpaired) electrons. The number of carbonyl (C=O) groups is 2. The van der Waals surface area contributed by atoms with Crippen LogP contribution in [0.5, 0.6) is 11.5 Å². The number of benzene rings is 1. The van der Waals surface area contributed by atoms with Gasteiger partial charge in [0.2, 0.25) is 0 Å². The zero-order chi connectivity index (χ0) is 16.9. The second kappa shape index (κ2) is 5.15. The van der Waals surface area contributed by atoms with Crippen LogP contribution in [-0.4, -0.2) is 32.9 Å². The largest absolute Gasteiger partial charge is 0.493 e. The van der Waals surface area contributed by atoms with Crippen LogP contribution >= 0.6 is 0 Å². The zero-order valence-corrected chi connectivity index (χ0v) is 13.5. The number of carbonyl (C=O) groups excluding carboxylic acids is 2. The Morgan fingerprint density at radius 1 is 0.957 bits per heavy atom. The molecule has 0 fully saturated rings. The molecule has 0 saturated heterocycles. The van der Waals surface area contributed by atoms with Gasteiger partial charge >= 0.3 is 0 Å². The van der Waals surface area contributed by atoms with E-state index in [1.54, 1.807) is 19.9 Å². The maximum Gasteiger partial charge on any atom is 0.263 e. The van der Waals surface area contributed by atoms with E-state index in [1.807, 2.05) is 0 Å². The number of furan rings is 1. The van der Waals surface area contributed by atoms with Crippen LogP contribution in [0.4, 0.5) is 0 Å². The molecule has 1 aromatic carbocycles. The first-order chi connectivity index (χ1) is 11.0.